The summed E-state index contributed by atoms with van der Waals surface area (Å²) in [6.45, 7) is 4.59. The summed E-state index contributed by atoms with van der Waals surface area (Å²) in [5.41, 5.74) is 3.88. The first-order chi connectivity index (χ1) is 13.5. The van der Waals surface area contributed by atoms with Crippen LogP contribution < -0.4 is 15.1 Å². The fourth-order valence-electron chi connectivity index (χ4n) is 3.92. The molecule has 0 saturated carbocycles. The van der Waals surface area contributed by atoms with E-state index >= 15 is 0 Å². The molecule has 0 spiro atoms. The molecular formula is C22H24BrN3O2. The highest BCUT2D eigenvalue weighted by Crippen LogP contribution is 2.29. The molecule has 0 aliphatic carbocycles. The molecule has 5 nitrogen and oxygen atoms in total. The van der Waals surface area contributed by atoms with Gasteiger partial charge < -0.3 is 15.1 Å². The van der Waals surface area contributed by atoms with Gasteiger partial charge >= 0.3 is 0 Å². The van der Waals surface area contributed by atoms with Gasteiger partial charge in [-0.3, -0.25) is 9.59 Å². The smallest absolute Gasteiger partial charge is 0.229 e. The average Bonchev–Trinajstić information content (AvgIpc) is 3.35. The van der Waals surface area contributed by atoms with Crippen LogP contribution in [0.5, 0.6) is 0 Å². The van der Waals surface area contributed by atoms with Crippen LogP contribution >= 0.6 is 15.9 Å². The Morgan fingerprint density at radius 1 is 1.07 bits per heavy atom. The summed E-state index contributed by atoms with van der Waals surface area (Å²) in [5.74, 6) is -0.443. The number of nitrogens with zero attached hydrogens (tertiary/aromatic N) is 2. The van der Waals surface area contributed by atoms with E-state index in [4.69, 9.17) is 0 Å². The van der Waals surface area contributed by atoms with E-state index in [0.717, 1.165) is 34.5 Å². The maximum absolute atomic E-state index is 12.7. The van der Waals surface area contributed by atoms with Crippen LogP contribution in [-0.4, -0.2) is 31.4 Å². The van der Waals surface area contributed by atoms with Crippen LogP contribution in [0.4, 0.5) is 17.1 Å². The molecule has 2 aliphatic rings. The molecule has 6 heteroatoms. The summed E-state index contributed by atoms with van der Waals surface area (Å²) in [6.07, 6.45) is 2.72. The first kappa shape index (κ1) is 19.0. The monoisotopic (exact) mass is 441 g/mol. The van der Waals surface area contributed by atoms with Crippen molar-refractivity contribution in [2.75, 3.05) is 34.8 Å². The molecule has 2 aromatic rings. The molecule has 0 aromatic heterocycles. The molecule has 0 radical (unpaired) electrons. The van der Waals surface area contributed by atoms with Crippen molar-refractivity contribution in [1.82, 2.24) is 0 Å². The minimum Gasteiger partial charge on any atom is -0.372 e. The van der Waals surface area contributed by atoms with E-state index in [1.54, 1.807) is 4.90 Å². The van der Waals surface area contributed by atoms with Gasteiger partial charge in [0, 0.05) is 47.6 Å². The summed E-state index contributed by atoms with van der Waals surface area (Å²) in [7, 11) is 0. The number of carbonyl (C=O) groups is 2. The first-order valence-corrected chi connectivity index (χ1v) is 10.5. The Kier molecular flexibility index (Phi) is 5.40. The summed E-state index contributed by atoms with van der Waals surface area (Å²) in [5, 5.41) is 2.95. The lowest BCUT2D eigenvalue weighted by molar-refractivity contribution is -0.122. The van der Waals surface area contributed by atoms with Gasteiger partial charge in [0.2, 0.25) is 11.8 Å². The number of nitrogens with one attached hydrogen (secondary N) is 1. The van der Waals surface area contributed by atoms with Gasteiger partial charge in [0.05, 0.1) is 5.92 Å². The highest BCUT2D eigenvalue weighted by molar-refractivity contribution is 9.10. The van der Waals surface area contributed by atoms with Crippen molar-refractivity contribution in [3.8, 4) is 0 Å². The zero-order chi connectivity index (χ0) is 19.7. The summed E-state index contributed by atoms with van der Waals surface area (Å²) < 4.78 is 1.00. The van der Waals surface area contributed by atoms with Crippen LogP contribution in [-0.2, 0) is 9.59 Å². The van der Waals surface area contributed by atoms with E-state index in [-0.39, 0.29) is 24.2 Å². The highest BCUT2D eigenvalue weighted by Gasteiger charge is 2.35. The minimum absolute atomic E-state index is 0.000981. The van der Waals surface area contributed by atoms with E-state index in [1.807, 2.05) is 37.3 Å². The number of benzene rings is 2. The molecule has 2 aliphatic heterocycles. The second kappa shape index (κ2) is 7.95. The largest absolute Gasteiger partial charge is 0.372 e. The maximum atomic E-state index is 12.7. The zero-order valence-electron chi connectivity index (χ0n) is 16.0. The molecule has 0 bridgehead atoms. The van der Waals surface area contributed by atoms with Gasteiger partial charge in [-0.2, -0.15) is 0 Å². The first-order valence-electron chi connectivity index (χ1n) is 9.73. The van der Waals surface area contributed by atoms with Crippen molar-refractivity contribution >= 4 is 44.8 Å². The van der Waals surface area contributed by atoms with E-state index in [2.05, 4.69) is 38.3 Å². The molecule has 2 saturated heterocycles. The van der Waals surface area contributed by atoms with Gasteiger partial charge in [-0.25, -0.2) is 0 Å². The molecule has 4 rings (SSSR count). The molecule has 2 heterocycles. The maximum Gasteiger partial charge on any atom is 0.229 e. The van der Waals surface area contributed by atoms with Gasteiger partial charge in [-0.15, -0.1) is 0 Å². The standard InChI is InChI=1S/C22H24BrN3O2/c1-15-12-17(4-9-20(15)23)24-22(28)16-13-21(27)26(14-16)19-7-5-18(6-8-19)25-10-2-3-11-25/h4-9,12,16H,2-3,10-11,13-14H2,1H3,(H,24,28). The second-order valence-electron chi connectivity index (χ2n) is 7.57. The number of carbonyl (C=O) groups excluding carboxylic acids is 2. The van der Waals surface area contributed by atoms with Crippen molar-refractivity contribution in [2.45, 2.75) is 26.2 Å². The Labute approximate surface area is 173 Å². The topological polar surface area (TPSA) is 52.7 Å². The Bertz CT molecular complexity index is 891. The molecule has 1 unspecified atom stereocenters. The van der Waals surface area contributed by atoms with Crippen LogP contribution in [0.15, 0.2) is 46.9 Å². The molecular weight excluding hydrogens is 418 g/mol. The van der Waals surface area contributed by atoms with E-state index in [9.17, 15) is 9.59 Å². The third-order valence-electron chi connectivity index (χ3n) is 5.55. The van der Waals surface area contributed by atoms with Gasteiger partial charge in [0.25, 0.3) is 0 Å². The number of anilines is 3. The third kappa shape index (κ3) is 3.92. The fraction of sp³-hybridized carbons (Fsp3) is 0.364. The van der Waals surface area contributed by atoms with Crippen molar-refractivity contribution in [2.24, 2.45) is 5.92 Å². The van der Waals surface area contributed by atoms with Gasteiger partial charge in [-0.05, 0) is 67.8 Å². The fourth-order valence-corrected chi connectivity index (χ4v) is 4.16. The Morgan fingerprint density at radius 3 is 2.43 bits per heavy atom. The predicted octanol–water partition coefficient (Wildman–Crippen LogP) is 4.35. The second-order valence-corrected chi connectivity index (χ2v) is 8.42. The number of amides is 2. The lowest BCUT2D eigenvalue weighted by atomic mass is 10.1. The zero-order valence-corrected chi connectivity index (χ0v) is 17.5. The van der Waals surface area contributed by atoms with Crippen molar-refractivity contribution in [3.05, 3.63) is 52.5 Å². The van der Waals surface area contributed by atoms with Crippen LogP contribution in [0.25, 0.3) is 0 Å². The molecule has 1 N–H and O–H groups in total. The van der Waals surface area contributed by atoms with Crippen molar-refractivity contribution in [3.63, 3.8) is 0 Å². The van der Waals surface area contributed by atoms with Gasteiger partial charge in [0.1, 0.15) is 0 Å². The number of aryl methyl sites for hydroxylation is 1. The molecule has 28 heavy (non-hydrogen) atoms. The lowest BCUT2D eigenvalue weighted by Crippen LogP contribution is -2.28. The Hall–Kier alpha value is -2.34. The number of hydrogen-bond acceptors (Lipinski definition) is 3. The average molecular weight is 442 g/mol. The molecule has 1 atom stereocenters. The van der Waals surface area contributed by atoms with Crippen molar-refractivity contribution in [1.29, 1.82) is 0 Å². The van der Waals surface area contributed by atoms with Crippen LogP contribution in [0, 0.1) is 12.8 Å². The van der Waals surface area contributed by atoms with Crippen LogP contribution in [0.3, 0.4) is 0 Å². The van der Waals surface area contributed by atoms with Crippen LogP contribution in [0.1, 0.15) is 24.8 Å². The molecule has 2 fully saturated rings. The molecule has 2 aromatic carbocycles. The quantitative estimate of drug-likeness (QED) is 0.766. The summed E-state index contributed by atoms with van der Waals surface area (Å²) in [6, 6.07) is 13.8. The Balaban J connectivity index is 1.41. The number of rotatable bonds is 4. The predicted molar refractivity (Wildman–Crippen MR) is 116 cm³/mol. The van der Waals surface area contributed by atoms with E-state index in [0.29, 0.717) is 6.54 Å². The lowest BCUT2D eigenvalue weighted by Gasteiger charge is -2.20. The van der Waals surface area contributed by atoms with Gasteiger partial charge in [0.15, 0.2) is 0 Å². The summed E-state index contributed by atoms with van der Waals surface area (Å²) >= 11 is 3.46. The number of hydrogen-bond donors (Lipinski definition) is 1. The normalized spacial score (nSPS) is 19.4. The van der Waals surface area contributed by atoms with E-state index < -0.39 is 0 Å². The van der Waals surface area contributed by atoms with Crippen LogP contribution in [0.2, 0.25) is 0 Å². The van der Waals surface area contributed by atoms with E-state index in [1.165, 1.54) is 18.5 Å². The Morgan fingerprint density at radius 2 is 1.75 bits per heavy atom. The molecule has 2 amide bonds. The van der Waals surface area contributed by atoms with Gasteiger partial charge in [-0.1, -0.05) is 15.9 Å². The molecule has 146 valence electrons. The SMILES string of the molecule is Cc1cc(NC(=O)C2CC(=O)N(c3ccc(N4CCCC4)cc3)C2)ccc1Br. The summed E-state index contributed by atoms with van der Waals surface area (Å²) in [4.78, 5) is 29.3. The van der Waals surface area contributed by atoms with Crippen molar-refractivity contribution < 1.29 is 9.59 Å². The minimum atomic E-state index is -0.338. The number of halogens is 1. The third-order valence-corrected chi connectivity index (χ3v) is 6.44. The highest BCUT2D eigenvalue weighted by atomic mass is 79.9.